The Morgan fingerprint density at radius 2 is 1.70 bits per heavy atom. The lowest BCUT2D eigenvalue weighted by Crippen LogP contribution is -2.43. The van der Waals surface area contributed by atoms with Crippen LogP contribution in [0.25, 0.3) is 0 Å². The van der Waals surface area contributed by atoms with Crippen LogP contribution >= 0.6 is 11.6 Å². The average Bonchev–Trinajstić information content (AvgIpc) is 2.68. The second kappa shape index (κ2) is 8.73. The highest BCUT2D eigenvalue weighted by atomic mass is 35.5. The Hall–Kier alpha value is -2.09. The monoisotopic (exact) mass is 398 g/mol. The van der Waals surface area contributed by atoms with Crippen molar-refractivity contribution < 1.29 is 22.7 Å². The predicted molar refractivity (Wildman–Crippen MR) is 95.2 cm³/mol. The Morgan fingerprint density at radius 3 is 2.30 bits per heavy atom. The first kappa shape index (κ1) is 19.7. The smallest absolute Gasteiger partial charge is 0.251 e. The SMILES string of the molecule is O=C(NCC(c1ccc(Cl)cc1)N1CCOCC1)c1cc(F)c(F)c(F)c1. The molecule has 1 unspecified atom stereocenters. The zero-order valence-electron chi connectivity index (χ0n) is 14.4. The van der Waals surface area contributed by atoms with Crippen molar-refractivity contribution in [1.29, 1.82) is 0 Å². The van der Waals surface area contributed by atoms with Crippen molar-refractivity contribution >= 4 is 17.5 Å². The molecule has 1 atom stereocenters. The van der Waals surface area contributed by atoms with E-state index in [0.29, 0.717) is 43.5 Å². The van der Waals surface area contributed by atoms with E-state index in [-0.39, 0.29) is 18.2 Å². The molecule has 1 aliphatic heterocycles. The molecule has 0 bridgehead atoms. The first-order chi connectivity index (χ1) is 13.0. The molecule has 0 saturated carbocycles. The van der Waals surface area contributed by atoms with E-state index in [1.165, 1.54) is 0 Å². The molecule has 1 aliphatic rings. The number of nitrogens with one attached hydrogen (secondary N) is 1. The van der Waals surface area contributed by atoms with E-state index in [1.807, 2.05) is 12.1 Å². The highest BCUT2D eigenvalue weighted by molar-refractivity contribution is 6.30. The molecule has 27 heavy (non-hydrogen) atoms. The van der Waals surface area contributed by atoms with Gasteiger partial charge in [-0.3, -0.25) is 9.69 Å². The number of hydrogen-bond donors (Lipinski definition) is 1. The summed E-state index contributed by atoms with van der Waals surface area (Å²) in [7, 11) is 0. The summed E-state index contributed by atoms with van der Waals surface area (Å²) in [6.07, 6.45) is 0. The normalized spacial score (nSPS) is 16.1. The fourth-order valence-electron chi connectivity index (χ4n) is 3.01. The molecule has 1 saturated heterocycles. The third-order valence-corrected chi connectivity index (χ3v) is 4.70. The van der Waals surface area contributed by atoms with Crippen molar-refractivity contribution in [2.75, 3.05) is 32.8 Å². The Kier molecular flexibility index (Phi) is 6.36. The molecule has 2 aromatic rings. The molecule has 3 rings (SSSR count). The van der Waals surface area contributed by atoms with Gasteiger partial charge in [0.15, 0.2) is 17.5 Å². The molecule has 0 spiro atoms. The lowest BCUT2D eigenvalue weighted by Gasteiger charge is -2.35. The Balaban J connectivity index is 1.75. The summed E-state index contributed by atoms with van der Waals surface area (Å²) in [5, 5.41) is 3.27. The lowest BCUT2D eigenvalue weighted by atomic mass is 10.0. The first-order valence-corrected chi connectivity index (χ1v) is 8.83. The summed E-state index contributed by atoms with van der Waals surface area (Å²) < 4.78 is 45.2. The average molecular weight is 399 g/mol. The highest BCUT2D eigenvalue weighted by Gasteiger charge is 2.24. The molecule has 8 heteroatoms. The maximum absolute atomic E-state index is 13.4. The van der Waals surface area contributed by atoms with Crippen LogP contribution in [0, 0.1) is 17.5 Å². The molecule has 1 fully saturated rings. The summed E-state index contributed by atoms with van der Waals surface area (Å²) in [6.45, 7) is 2.73. The molecule has 0 radical (unpaired) electrons. The standard InChI is InChI=1S/C19H18ClF3N2O2/c20-14-3-1-12(2-4-14)17(25-5-7-27-8-6-25)11-24-19(26)13-9-15(21)18(23)16(22)10-13/h1-4,9-10,17H,5-8,11H2,(H,24,26). The third-order valence-electron chi connectivity index (χ3n) is 4.44. The van der Waals surface area contributed by atoms with Crippen LogP contribution in [-0.2, 0) is 4.74 Å². The van der Waals surface area contributed by atoms with Crippen LogP contribution in [0.15, 0.2) is 36.4 Å². The van der Waals surface area contributed by atoms with Gasteiger partial charge in [0.05, 0.1) is 19.3 Å². The lowest BCUT2D eigenvalue weighted by molar-refractivity contribution is 0.0162. The molecule has 0 aromatic heterocycles. The summed E-state index contributed by atoms with van der Waals surface area (Å²) in [4.78, 5) is 14.5. The van der Waals surface area contributed by atoms with Gasteiger partial charge in [-0.15, -0.1) is 0 Å². The van der Waals surface area contributed by atoms with Crippen LogP contribution in [0.4, 0.5) is 13.2 Å². The second-order valence-electron chi connectivity index (χ2n) is 6.18. The maximum atomic E-state index is 13.4. The zero-order valence-corrected chi connectivity index (χ0v) is 15.1. The number of ether oxygens (including phenoxy) is 1. The van der Waals surface area contributed by atoms with E-state index in [0.717, 1.165) is 5.56 Å². The van der Waals surface area contributed by atoms with Crippen molar-refractivity contribution in [3.05, 3.63) is 70.0 Å². The largest absolute Gasteiger partial charge is 0.379 e. The van der Waals surface area contributed by atoms with Crippen LogP contribution in [0.2, 0.25) is 5.02 Å². The van der Waals surface area contributed by atoms with Gasteiger partial charge < -0.3 is 10.1 Å². The van der Waals surface area contributed by atoms with Crippen molar-refractivity contribution in [3.8, 4) is 0 Å². The Labute approximate surface area is 159 Å². The molecule has 2 aromatic carbocycles. The number of morpholine rings is 1. The quantitative estimate of drug-likeness (QED) is 0.783. The summed E-state index contributed by atoms with van der Waals surface area (Å²) in [5.74, 6) is -5.08. The van der Waals surface area contributed by atoms with E-state index in [4.69, 9.17) is 16.3 Å². The van der Waals surface area contributed by atoms with Gasteiger partial charge in [0, 0.05) is 30.2 Å². The minimum absolute atomic E-state index is 0.162. The minimum atomic E-state index is -1.60. The molecule has 4 nitrogen and oxygen atoms in total. The maximum Gasteiger partial charge on any atom is 0.251 e. The second-order valence-corrected chi connectivity index (χ2v) is 6.62. The van der Waals surface area contributed by atoms with Crippen LogP contribution in [-0.4, -0.2) is 43.7 Å². The van der Waals surface area contributed by atoms with Gasteiger partial charge in [-0.25, -0.2) is 13.2 Å². The molecule has 0 aliphatic carbocycles. The number of benzene rings is 2. The predicted octanol–water partition coefficient (Wildman–Crippen LogP) is 3.56. The number of carbonyl (C=O) groups excluding carboxylic acids is 1. The van der Waals surface area contributed by atoms with Crippen LogP contribution in [0.5, 0.6) is 0 Å². The fraction of sp³-hybridized carbons (Fsp3) is 0.316. The van der Waals surface area contributed by atoms with Crippen molar-refractivity contribution in [3.63, 3.8) is 0 Å². The fourth-order valence-corrected chi connectivity index (χ4v) is 3.14. The third kappa shape index (κ3) is 4.80. The number of nitrogens with zero attached hydrogens (tertiary/aromatic N) is 1. The molecule has 1 N–H and O–H groups in total. The number of hydrogen-bond acceptors (Lipinski definition) is 3. The summed E-state index contributed by atoms with van der Waals surface area (Å²) in [6, 6.07) is 8.45. The van der Waals surface area contributed by atoms with E-state index in [2.05, 4.69) is 10.2 Å². The number of rotatable bonds is 5. The Bertz CT molecular complexity index is 788. The molecular formula is C19H18ClF3N2O2. The van der Waals surface area contributed by atoms with Gasteiger partial charge in [-0.05, 0) is 29.8 Å². The van der Waals surface area contributed by atoms with Crippen LogP contribution < -0.4 is 5.32 Å². The van der Waals surface area contributed by atoms with E-state index >= 15 is 0 Å². The van der Waals surface area contributed by atoms with E-state index in [1.54, 1.807) is 12.1 Å². The van der Waals surface area contributed by atoms with E-state index < -0.39 is 23.4 Å². The van der Waals surface area contributed by atoms with Gasteiger partial charge >= 0.3 is 0 Å². The molecule has 144 valence electrons. The molecular weight excluding hydrogens is 381 g/mol. The van der Waals surface area contributed by atoms with Crippen molar-refractivity contribution in [2.24, 2.45) is 0 Å². The Morgan fingerprint density at radius 1 is 1.11 bits per heavy atom. The summed E-state index contributed by atoms with van der Waals surface area (Å²) in [5.41, 5.74) is 0.668. The highest BCUT2D eigenvalue weighted by Crippen LogP contribution is 2.23. The zero-order chi connectivity index (χ0) is 19.4. The van der Waals surface area contributed by atoms with Gasteiger partial charge in [0.2, 0.25) is 0 Å². The number of carbonyl (C=O) groups is 1. The van der Waals surface area contributed by atoms with Crippen LogP contribution in [0.3, 0.4) is 0 Å². The number of halogens is 4. The molecule has 1 heterocycles. The van der Waals surface area contributed by atoms with Gasteiger partial charge in [-0.1, -0.05) is 23.7 Å². The van der Waals surface area contributed by atoms with E-state index in [9.17, 15) is 18.0 Å². The summed E-state index contributed by atoms with van der Waals surface area (Å²) >= 11 is 5.95. The minimum Gasteiger partial charge on any atom is -0.379 e. The topological polar surface area (TPSA) is 41.6 Å². The number of amides is 1. The van der Waals surface area contributed by atoms with Gasteiger partial charge in [-0.2, -0.15) is 0 Å². The van der Waals surface area contributed by atoms with Gasteiger partial charge in [0.25, 0.3) is 5.91 Å². The first-order valence-electron chi connectivity index (χ1n) is 8.45. The van der Waals surface area contributed by atoms with Crippen molar-refractivity contribution in [1.82, 2.24) is 10.2 Å². The van der Waals surface area contributed by atoms with Crippen LogP contribution in [0.1, 0.15) is 22.0 Å². The van der Waals surface area contributed by atoms with Gasteiger partial charge in [0.1, 0.15) is 0 Å². The van der Waals surface area contributed by atoms with Crippen molar-refractivity contribution in [2.45, 2.75) is 6.04 Å². The molecule has 1 amide bonds.